The van der Waals surface area contributed by atoms with Gasteiger partial charge in [-0.15, -0.1) is 0 Å². The van der Waals surface area contributed by atoms with Gasteiger partial charge < -0.3 is 9.88 Å². The molecule has 2 heteroatoms. The van der Waals surface area contributed by atoms with Crippen molar-refractivity contribution < 1.29 is 0 Å². The fourth-order valence-electron chi connectivity index (χ4n) is 3.42. The van der Waals surface area contributed by atoms with Gasteiger partial charge in [0.05, 0.1) is 5.54 Å². The zero-order valence-electron chi connectivity index (χ0n) is 12.0. The number of aromatic nitrogens is 1. The van der Waals surface area contributed by atoms with Gasteiger partial charge in [0.2, 0.25) is 0 Å². The third-order valence-electron chi connectivity index (χ3n) is 4.35. The van der Waals surface area contributed by atoms with Crippen molar-refractivity contribution in [2.24, 2.45) is 7.05 Å². The van der Waals surface area contributed by atoms with E-state index in [0.717, 1.165) is 6.54 Å². The highest BCUT2D eigenvalue weighted by molar-refractivity contribution is 5.87. The molecule has 0 radical (unpaired) electrons. The lowest BCUT2D eigenvalue weighted by molar-refractivity contribution is 0.296. The predicted molar refractivity (Wildman–Crippen MR) is 77.0 cm³/mol. The van der Waals surface area contributed by atoms with Gasteiger partial charge in [0.25, 0.3) is 0 Å². The summed E-state index contributed by atoms with van der Waals surface area (Å²) in [5, 5.41) is 5.10. The topological polar surface area (TPSA) is 17.0 Å². The van der Waals surface area contributed by atoms with Crippen molar-refractivity contribution in [1.82, 2.24) is 9.88 Å². The van der Waals surface area contributed by atoms with Crippen LogP contribution in [0.2, 0.25) is 0 Å². The van der Waals surface area contributed by atoms with E-state index in [1.807, 2.05) is 0 Å². The smallest absolute Gasteiger partial charge is 0.0535 e. The Morgan fingerprint density at radius 3 is 2.50 bits per heavy atom. The van der Waals surface area contributed by atoms with Crippen molar-refractivity contribution in [2.75, 3.05) is 6.54 Å². The minimum Gasteiger partial charge on any atom is -0.346 e. The van der Waals surface area contributed by atoms with Gasteiger partial charge in [-0.3, -0.25) is 0 Å². The Labute approximate surface area is 109 Å². The number of para-hydroxylation sites is 1. The van der Waals surface area contributed by atoms with Crippen LogP contribution in [0.5, 0.6) is 0 Å². The quantitative estimate of drug-likeness (QED) is 0.750. The third-order valence-corrected chi connectivity index (χ3v) is 4.35. The molecule has 1 aromatic carbocycles. The minimum atomic E-state index is 0.0403. The molecule has 0 saturated carbocycles. The summed E-state index contributed by atoms with van der Waals surface area (Å²) in [5.74, 6) is 0. The van der Waals surface area contributed by atoms with E-state index >= 15 is 0 Å². The molecule has 1 N–H and O–H groups in total. The molecule has 18 heavy (non-hydrogen) atoms. The summed E-state index contributed by atoms with van der Waals surface area (Å²) >= 11 is 0. The lowest BCUT2D eigenvalue weighted by Crippen LogP contribution is -2.50. The third kappa shape index (κ3) is 1.39. The Kier molecular flexibility index (Phi) is 2.22. The second-order valence-electron chi connectivity index (χ2n) is 6.66. The van der Waals surface area contributed by atoms with Crippen LogP contribution >= 0.6 is 0 Å². The first-order valence-corrected chi connectivity index (χ1v) is 6.68. The fourth-order valence-corrected chi connectivity index (χ4v) is 3.42. The molecule has 0 amide bonds. The lowest BCUT2D eigenvalue weighted by Gasteiger charge is -2.41. The molecule has 2 heterocycles. The van der Waals surface area contributed by atoms with E-state index in [4.69, 9.17) is 0 Å². The minimum absolute atomic E-state index is 0.0403. The Hall–Kier alpha value is -1.28. The highest BCUT2D eigenvalue weighted by atomic mass is 15.1. The first-order chi connectivity index (χ1) is 8.34. The summed E-state index contributed by atoms with van der Waals surface area (Å²) in [5.41, 5.74) is 4.52. The standard InChI is InChI=1S/C16H22N2/c1-15(2)10-17-16(3,4)14-13(15)11-8-6-7-9-12(11)18(14)5/h6-9,17H,10H2,1-5H3. The molecule has 0 unspecified atom stereocenters. The van der Waals surface area contributed by atoms with E-state index in [-0.39, 0.29) is 11.0 Å². The molecule has 0 aliphatic carbocycles. The highest BCUT2D eigenvalue weighted by Gasteiger charge is 2.40. The monoisotopic (exact) mass is 242 g/mol. The van der Waals surface area contributed by atoms with E-state index < -0.39 is 0 Å². The van der Waals surface area contributed by atoms with Crippen LogP contribution in [-0.2, 0) is 18.0 Å². The van der Waals surface area contributed by atoms with Crippen molar-refractivity contribution in [1.29, 1.82) is 0 Å². The van der Waals surface area contributed by atoms with Crippen LogP contribution in [0.25, 0.3) is 10.9 Å². The van der Waals surface area contributed by atoms with Gasteiger partial charge in [-0.05, 0) is 25.5 Å². The molecule has 0 atom stereocenters. The van der Waals surface area contributed by atoms with E-state index in [1.54, 1.807) is 0 Å². The van der Waals surface area contributed by atoms with E-state index in [2.05, 4.69) is 68.9 Å². The molecule has 1 aliphatic heterocycles. The Bertz CT molecular complexity index is 617. The van der Waals surface area contributed by atoms with Crippen LogP contribution in [0.15, 0.2) is 24.3 Å². The summed E-state index contributed by atoms with van der Waals surface area (Å²) < 4.78 is 2.36. The van der Waals surface area contributed by atoms with Crippen LogP contribution in [0.4, 0.5) is 0 Å². The van der Waals surface area contributed by atoms with Gasteiger partial charge in [-0.2, -0.15) is 0 Å². The van der Waals surface area contributed by atoms with Crippen molar-refractivity contribution in [3.8, 4) is 0 Å². The number of nitrogens with zero attached hydrogens (tertiary/aromatic N) is 1. The number of nitrogens with one attached hydrogen (secondary N) is 1. The molecular formula is C16H22N2. The van der Waals surface area contributed by atoms with Gasteiger partial charge in [-0.1, -0.05) is 32.0 Å². The Balaban J connectivity index is 2.48. The molecule has 1 aliphatic rings. The molecule has 2 nitrogen and oxygen atoms in total. The molecule has 1 aromatic heterocycles. The zero-order chi connectivity index (χ0) is 13.1. The average molecular weight is 242 g/mol. The second-order valence-corrected chi connectivity index (χ2v) is 6.66. The molecule has 96 valence electrons. The number of hydrogen-bond acceptors (Lipinski definition) is 1. The Morgan fingerprint density at radius 2 is 1.78 bits per heavy atom. The molecule has 0 saturated heterocycles. The highest BCUT2D eigenvalue weighted by Crippen LogP contribution is 2.42. The van der Waals surface area contributed by atoms with E-state index in [0.29, 0.717) is 0 Å². The van der Waals surface area contributed by atoms with Crippen molar-refractivity contribution in [2.45, 2.75) is 38.6 Å². The SMILES string of the molecule is Cn1c2c(c3ccccc31)C(C)(C)CNC2(C)C. The van der Waals surface area contributed by atoms with E-state index in [9.17, 15) is 0 Å². The maximum Gasteiger partial charge on any atom is 0.0535 e. The Morgan fingerprint density at radius 1 is 1.11 bits per heavy atom. The molecule has 0 spiro atoms. The molecule has 3 rings (SSSR count). The largest absolute Gasteiger partial charge is 0.346 e. The fraction of sp³-hybridized carbons (Fsp3) is 0.500. The van der Waals surface area contributed by atoms with Crippen molar-refractivity contribution >= 4 is 10.9 Å². The summed E-state index contributed by atoms with van der Waals surface area (Å²) in [7, 11) is 2.19. The maximum atomic E-state index is 3.69. The first kappa shape index (κ1) is 11.8. The summed E-state index contributed by atoms with van der Waals surface area (Å²) in [6, 6.07) is 8.76. The summed E-state index contributed by atoms with van der Waals surface area (Å²) in [6.07, 6.45) is 0. The molecular weight excluding hydrogens is 220 g/mol. The number of rotatable bonds is 0. The maximum absolute atomic E-state index is 3.69. The number of hydrogen-bond donors (Lipinski definition) is 1. The van der Waals surface area contributed by atoms with Crippen LogP contribution in [-0.4, -0.2) is 11.1 Å². The predicted octanol–water partition coefficient (Wildman–Crippen LogP) is 3.29. The number of fused-ring (bicyclic) bond motifs is 3. The van der Waals surface area contributed by atoms with Gasteiger partial charge >= 0.3 is 0 Å². The molecule has 0 fully saturated rings. The van der Waals surface area contributed by atoms with Crippen LogP contribution in [0, 0.1) is 0 Å². The molecule has 0 bridgehead atoms. The number of aryl methyl sites for hydroxylation is 1. The van der Waals surface area contributed by atoms with Crippen LogP contribution in [0.3, 0.4) is 0 Å². The second kappa shape index (κ2) is 3.39. The molecule has 2 aromatic rings. The summed E-state index contributed by atoms with van der Waals surface area (Å²) in [6.45, 7) is 10.3. The number of benzene rings is 1. The van der Waals surface area contributed by atoms with Gasteiger partial charge in [0, 0.05) is 35.6 Å². The van der Waals surface area contributed by atoms with E-state index in [1.165, 1.54) is 22.2 Å². The summed E-state index contributed by atoms with van der Waals surface area (Å²) in [4.78, 5) is 0. The van der Waals surface area contributed by atoms with Crippen molar-refractivity contribution in [3.05, 3.63) is 35.5 Å². The van der Waals surface area contributed by atoms with Gasteiger partial charge in [0.15, 0.2) is 0 Å². The van der Waals surface area contributed by atoms with Crippen molar-refractivity contribution in [3.63, 3.8) is 0 Å². The first-order valence-electron chi connectivity index (χ1n) is 6.68. The lowest BCUT2D eigenvalue weighted by atomic mass is 9.75. The van der Waals surface area contributed by atoms with Gasteiger partial charge in [-0.25, -0.2) is 0 Å². The normalized spacial score (nSPS) is 20.9. The van der Waals surface area contributed by atoms with Crippen LogP contribution in [0.1, 0.15) is 39.0 Å². The van der Waals surface area contributed by atoms with Crippen LogP contribution < -0.4 is 5.32 Å². The average Bonchev–Trinajstić information content (AvgIpc) is 2.62. The zero-order valence-corrected chi connectivity index (χ0v) is 12.0. The van der Waals surface area contributed by atoms with Gasteiger partial charge in [0.1, 0.15) is 0 Å².